The molecule has 0 aliphatic carbocycles. The third-order valence-electron chi connectivity index (χ3n) is 1.31. The summed E-state index contributed by atoms with van der Waals surface area (Å²) in [6, 6.07) is 1.25. The van der Waals surface area contributed by atoms with Gasteiger partial charge in [0.1, 0.15) is 0 Å². The van der Waals surface area contributed by atoms with Crippen LogP contribution in [0.1, 0.15) is 19.4 Å². The van der Waals surface area contributed by atoms with Crippen LogP contribution in [0.4, 0.5) is 5.69 Å². The highest BCUT2D eigenvalue weighted by molar-refractivity contribution is 5.33. The zero-order valence-electron chi connectivity index (χ0n) is 7.89. The van der Waals surface area contributed by atoms with Gasteiger partial charge in [-0.3, -0.25) is 15.3 Å². The van der Waals surface area contributed by atoms with Gasteiger partial charge in [-0.2, -0.15) is 0 Å². The van der Waals surface area contributed by atoms with Gasteiger partial charge >= 0.3 is 0 Å². The van der Waals surface area contributed by atoms with Crippen molar-refractivity contribution >= 4 is 5.69 Å². The summed E-state index contributed by atoms with van der Waals surface area (Å²) in [5, 5.41) is 19.1. The van der Waals surface area contributed by atoms with E-state index in [2.05, 4.69) is 0 Å². The molecule has 0 aromatic carbocycles. The summed E-state index contributed by atoms with van der Waals surface area (Å²) in [6.45, 7) is 5.56. The van der Waals surface area contributed by atoms with Crippen molar-refractivity contribution in [2.45, 2.75) is 20.8 Å². The molecule has 0 bridgehead atoms. The summed E-state index contributed by atoms with van der Waals surface area (Å²) in [4.78, 5) is 9.76. The number of aryl methyl sites for hydroxylation is 1. The Hall–Kier alpha value is -1.65. The van der Waals surface area contributed by atoms with E-state index >= 15 is 0 Å². The molecule has 1 heterocycles. The minimum Gasteiger partial charge on any atom is -0.285 e. The highest BCUT2D eigenvalue weighted by Crippen LogP contribution is 2.12. The topological polar surface area (TPSA) is 67.2 Å². The molecule has 5 nitrogen and oxygen atoms in total. The van der Waals surface area contributed by atoms with Crippen LogP contribution in [0.5, 0.6) is 0 Å². The molecule has 0 saturated carbocycles. The van der Waals surface area contributed by atoms with Gasteiger partial charge in [0.2, 0.25) is 12.4 Å². The maximum absolute atomic E-state index is 10.2. The first-order valence-electron chi connectivity index (χ1n) is 3.97. The smallest absolute Gasteiger partial charge is 0.284 e. The average Bonchev–Trinajstić information content (AvgIpc) is 2.07. The summed E-state index contributed by atoms with van der Waals surface area (Å²) in [7, 11) is 0. The first-order valence-corrected chi connectivity index (χ1v) is 3.97. The van der Waals surface area contributed by atoms with Gasteiger partial charge in [0, 0.05) is 4.73 Å². The van der Waals surface area contributed by atoms with Crippen LogP contribution in [-0.4, -0.2) is 10.1 Å². The number of aromatic nitrogens is 1. The van der Waals surface area contributed by atoms with Crippen LogP contribution in [0.25, 0.3) is 0 Å². The Kier molecular flexibility index (Phi) is 4.43. The molecular formula is C8H13N2O3+. The van der Waals surface area contributed by atoms with Gasteiger partial charge in [0.25, 0.3) is 5.69 Å². The fraction of sp³-hybridized carbons (Fsp3) is 0.375. The third kappa shape index (κ3) is 3.06. The van der Waals surface area contributed by atoms with E-state index in [1.165, 1.54) is 18.5 Å². The van der Waals surface area contributed by atoms with Gasteiger partial charge in [-0.05, 0) is 6.92 Å². The lowest BCUT2D eigenvalue weighted by Crippen LogP contribution is -2.28. The third-order valence-corrected chi connectivity index (χ3v) is 1.31. The number of hydrogen-bond donors (Lipinski definition) is 1. The van der Waals surface area contributed by atoms with E-state index in [-0.39, 0.29) is 5.69 Å². The highest BCUT2D eigenvalue weighted by Gasteiger charge is 2.13. The van der Waals surface area contributed by atoms with Crippen LogP contribution < -0.4 is 4.73 Å². The molecule has 5 heteroatoms. The SMILES string of the molecule is CC.Cc1c[n+](O)ccc1[N+](=O)[O-]. The number of nitro groups is 1. The van der Waals surface area contributed by atoms with E-state index in [4.69, 9.17) is 5.21 Å². The summed E-state index contributed by atoms with van der Waals surface area (Å²) >= 11 is 0. The fourth-order valence-electron chi connectivity index (χ4n) is 0.791. The summed E-state index contributed by atoms with van der Waals surface area (Å²) in [5.74, 6) is 0. The Balaban J connectivity index is 0.000000671. The van der Waals surface area contributed by atoms with Crippen LogP contribution >= 0.6 is 0 Å². The van der Waals surface area contributed by atoms with E-state index in [1.807, 2.05) is 13.8 Å². The van der Waals surface area contributed by atoms with Crippen LogP contribution in [0.15, 0.2) is 18.5 Å². The maximum Gasteiger partial charge on any atom is 0.284 e. The van der Waals surface area contributed by atoms with Gasteiger partial charge in [-0.15, -0.1) is 0 Å². The van der Waals surface area contributed by atoms with Crippen LogP contribution in [0.2, 0.25) is 0 Å². The molecule has 0 aliphatic rings. The molecule has 0 radical (unpaired) electrons. The van der Waals surface area contributed by atoms with E-state index in [9.17, 15) is 10.1 Å². The Bertz CT molecular complexity index is 299. The Labute approximate surface area is 76.4 Å². The molecule has 0 spiro atoms. The zero-order chi connectivity index (χ0) is 10.4. The summed E-state index contributed by atoms with van der Waals surface area (Å²) in [5.41, 5.74) is 0.440. The lowest BCUT2D eigenvalue weighted by Gasteiger charge is -1.90. The standard InChI is InChI=1S/C6H7N2O3.C2H6/c1-5-4-7(9)3-2-6(5)8(10)11;1-2/h2-4,9H,1H3;1-2H3/q+1;. The molecule has 0 atom stereocenters. The summed E-state index contributed by atoms with van der Waals surface area (Å²) in [6.07, 6.45) is 2.49. The van der Waals surface area contributed by atoms with Crippen molar-refractivity contribution in [2.24, 2.45) is 0 Å². The van der Waals surface area contributed by atoms with Crippen LogP contribution in [0.3, 0.4) is 0 Å². The van der Waals surface area contributed by atoms with E-state index < -0.39 is 4.92 Å². The van der Waals surface area contributed by atoms with Gasteiger partial charge in [-0.1, -0.05) is 13.8 Å². The molecule has 0 saturated heterocycles. The Morgan fingerprint density at radius 1 is 1.54 bits per heavy atom. The molecule has 0 aliphatic heterocycles. The first-order chi connectivity index (χ1) is 6.11. The second-order valence-corrected chi connectivity index (χ2v) is 2.15. The molecule has 0 fully saturated rings. The van der Waals surface area contributed by atoms with Gasteiger partial charge in [-0.25, -0.2) is 0 Å². The quantitative estimate of drug-likeness (QED) is 0.311. The molecule has 0 amide bonds. The number of nitrogens with zero attached hydrogens (tertiary/aromatic N) is 2. The van der Waals surface area contributed by atoms with Crippen molar-refractivity contribution in [3.63, 3.8) is 0 Å². The maximum atomic E-state index is 10.2. The minimum atomic E-state index is -0.491. The van der Waals surface area contributed by atoms with E-state index in [0.717, 1.165) is 4.73 Å². The van der Waals surface area contributed by atoms with E-state index in [0.29, 0.717) is 5.56 Å². The Morgan fingerprint density at radius 2 is 2.08 bits per heavy atom. The Morgan fingerprint density at radius 3 is 2.46 bits per heavy atom. The molecule has 13 heavy (non-hydrogen) atoms. The van der Waals surface area contributed by atoms with Gasteiger partial charge < -0.3 is 0 Å². The largest absolute Gasteiger partial charge is 0.285 e. The number of rotatable bonds is 1. The monoisotopic (exact) mass is 185 g/mol. The highest BCUT2D eigenvalue weighted by atomic mass is 16.6. The van der Waals surface area contributed by atoms with Crippen LogP contribution in [-0.2, 0) is 0 Å². The molecule has 1 aromatic rings. The van der Waals surface area contributed by atoms with Crippen molar-refractivity contribution in [1.29, 1.82) is 0 Å². The summed E-state index contributed by atoms with van der Waals surface area (Å²) < 4.78 is 0.780. The molecular weight excluding hydrogens is 172 g/mol. The zero-order valence-corrected chi connectivity index (χ0v) is 7.89. The molecule has 1 rings (SSSR count). The van der Waals surface area contributed by atoms with Crippen molar-refractivity contribution < 1.29 is 14.9 Å². The minimum absolute atomic E-state index is 0.00954. The predicted molar refractivity (Wildman–Crippen MR) is 46.6 cm³/mol. The molecule has 1 aromatic heterocycles. The molecule has 72 valence electrons. The van der Waals surface area contributed by atoms with Crippen molar-refractivity contribution in [3.8, 4) is 0 Å². The second kappa shape index (κ2) is 5.08. The lowest BCUT2D eigenvalue weighted by molar-refractivity contribution is -0.905. The van der Waals surface area contributed by atoms with E-state index in [1.54, 1.807) is 6.92 Å². The number of hydrogen-bond acceptors (Lipinski definition) is 3. The fourth-order valence-corrected chi connectivity index (χ4v) is 0.791. The van der Waals surface area contributed by atoms with Gasteiger partial charge in [0.15, 0.2) is 0 Å². The van der Waals surface area contributed by atoms with Crippen molar-refractivity contribution in [3.05, 3.63) is 34.1 Å². The predicted octanol–water partition coefficient (Wildman–Crippen LogP) is 1.45. The normalized spacial score (nSPS) is 8.54. The first kappa shape index (κ1) is 11.4. The number of pyridine rings is 1. The lowest BCUT2D eigenvalue weighted by atomic mass is 10.3. The average molecular weight is 185 g/mol. The van der Waals surface area contributed by atoms with Crippen molar-refractivity contribution in [2.75, 3.05) is 0 Å². The second-order valence-electron chi connectivity index (χ2n) is 2.15. The van der Waals surface area contributed by atoms with Gasteiger partial charge in [0.05, 0.1) is 16.6 Å². The molecule has 0 unspecified atom stereocenters. The molecule has 1 N–H and O–H groups in total. The van der Waals surface area contributed by atoms with Crippen LogP contribution in [0, 0.1) is 17.0 Å². The van der Waals surface area contributed by atoms with Crippen molar-refractivity contribution in [1.82, 2.24) is 0 Å².